The Morgan fingerprint density at radius 1 is 1.20 bits per heavy atom. The highest BCUT2D eigenvalue weighted by atomic mass is 32.2. The van der Waals surface area contributed by atoms with E-state index in [1.54, 1.807) is 11.8 Å². The summed E-state index contributed by atoms with van der Waals surface area (Å²) in [5, 5.41) is 2.59. The molecule has 1 N–H and O–H groups in total. The summed E-state index contributed by atoms with van der Waals surface area (Å²) >= 11 is 1.71. The van der Waals surface area contributed by atoms with E-state index in [-0.39, 0.29) is 5.91 Å². The normalized spacial score (nSPS) is 11.4. The molecule has 0 aromatic heterocycles. The van der Waals surface area contributed by atoms with Gasteiger partial charge in [-0.05, 0) is 36.4 Å². The van der Waals surface area contributed by atoms with E-state index in [4.69, 9.17) is 0 Å². The van der Waals surface area contributed by atoms with Crippen LogP contribution in [0, 0.1) is 0 Å². The van der Waals surface area contributed by atoms with Gasteiger partial charge in [0.05, 0.1) is 5.56 Å². The number of hydrogen-bond donors (Lipinski definition) is 1. The summed E-state index contributed by atoms with van der Waals surface area (Å²) < 4.78 is 37.1. The summed E-state index contributed by atoms with van der Waals surface area (Å²) in [5.41, 5.74) is -0.327. The zero-order valence-corrected chi connectivity index (χ0v) is 12.1. The van der Waals surface area contributed by atoms with E-state index in [0.29, 0.717) is 12.1 Å². The Hall–Kier alpha value is -1.17. The number of carbonyl (C=O) groups excluding carboxylic acids is 1. The molecule has 2 nitrogen and oxygen atoms in total. The minimum absolute atomic E-state index is 0.172. The van der Waals surface area contributed by atoms with E-state index < -0.39 is 11.7 Å². The second-order valence-electron chi connectivity index (χ2n) is 4.34. The highest BCUT2D eigenvalue weighted by Crippen LogP contribution is 2.29. The first kappa shape index (κ1) is 16.9. The van der Waals surface area contributed by atoms with E-state index in [9.17, 15) is 18.0 Å². The number of carbonyl (C=O) groups is 1. The highest BCUT2D eigenvalue weighted by molar-refractivity contribution is 7.99. The Morgan fingerprint density at radius 3 is 2.40 bits per heavy atom. The lowest BCUT2D eigenvalue weighted by Gasteiger charge is -2.08. The van der Waals surface area contributed by atoms with Crippen molar-refractivity contribution in [3.05, 3.63) is 29.8 Å². The number of halogens is 3. The zero-order valence-electron chi connectivity index (χ0n) is 11.3. The first-order chi connectivity index (χ1) is 9.43. The first-order valence-corrected chi connectivity index (χ1v) is 7.64. The number of benzene rings is 1. The lowest BCUT2D eigenvalue weighted by atomic mass is 10.2. The molecule has 0 bridgehead atoms. The minimum atomic E-state index is -4.35. The fourth-order valence-corrected chi connectivity index (χ4v) is 2.51. The number of thioether (sulfide) groups is 1. The first-order valence-electron chi connectivity index (χ1n) is 6.48. The van der Waals surface area contributed by atoms with E-state index >= 15 is 0 Å². The van der Waals surface area contributed by atoms with Crippen molar-refractivity contribution >= 4 is 23.4 Å². The van der Waals surface area contributed by atoms with Crippen LogP contribution in [0.5, 0.6) is 0 Å². The van der Waals surface area contributed by atoms with Gasteiger partial charge in [0, 0.05) is 17.9 Å². The summed E-state index contributed by atoms with van der Waals surface area (Å²) in [6.07, 6.45) is -1.72. The molecule has 6 heteroatoms. The van der Waals surface area contributed by atoms with Gasteiger partial charge in [-0.15, -0.1) is 0 Å². The number of nitrogens with one attached hydrogen (secondary N) is 1. The van der Waals surface area contributed by atoms with Crippen LogP contribution in [-0.4, -0.2) is 17.4 Å². The standard InChI is InChI=1S/C14H18F3NOS/c1-2-3-9-20-10-8-13(19)18-12-6-4-11(5-7-12)14(15,16)17/h4-7H,2-3,8-10H2,1H3,(H,18,19). The molecule has 0 spiro atoms. The molecule has 0 saturated carbocycles. The van der Waals surface area contributed by atoms with Crippen LogP contribution in [0.15, 0.2) is 24.3 Å². The maximum Gasteiger partial charge on any atom is 0.416 e. The summed E-state index contributed by atoms with van der Waals surface area (Å²) in [6, 6.07) is 4.47. The molecule has 0 unspecified atom stereocenters. The second-order valence-corrected chi connectivity index (χ2v) is 5.56. The number of unbranched alkanes of at least 4 members (excludes halogenated alkanes) is 1. The van der Waals surface area contributed by atoms with Gasteiger partial charge in [-0.25, -0.2) is 0 Å². The number of alkyl halides is 3. The number of amides is 1. The van der Waals surface area contributed by atoms with Gasteiger partial charge in [-0.1, -0.05) is 13.3 Å². The fourth-order valence-electron chi connectivity index (χ4n) is 1.48. The zero-order chi connectivity index (χ0) is 15.0. The molecule has 1 amide bonds. The van der Waals surface area contributed by atoms with Crippen molar-refractivity contribution in [3.8, 4) is 0 Å². The average Bonchev–Trinajstić information content (AvgIpc) is 2.38. The van der Waals surface area contributed by atoms with Crippen molar-refractivity contribution in [1.29, 1.82) is 0 Å². The van der Waals surface area contributed by atoms with Gasteiger partial charge in [0.1, 0.15) is 0 Å². The highest BCUT2D eigenvalue weighted by Gasteiger charge is 2.29. The van der Waals surface area contributed by atoms with Crippen molar-refractivity contribution in [3.63, 3.8) is 0 Å². The van der Waals surface area contributed by atoms with Crippen molar-refractivity contribution in [2.75, 3.05) is 16.8 Å². The third kappa shape index (κ3) is 6.32. The monoisotopic (exact) mass is 305 g/mol. The molecular formula is C14H18F3NOS. The molecule has 0 aliphatic heterocycles. The van der Waals surface area contributed by atoms with E-state index in [0.717, 1.165) is 36.5 Å². The van der Waals surface area contributed by atoms with Gasteiger partial charge < -0.3 is 5.32 Å². The van der Waals surface area contributed by atoms with Crippen LogP contribution in [0.2, 0.25) is 0 Å². The molecule has 1 aromatic rings. The average molecular weight is 305 g/mol. The number of rotatable bonds is 7. The predicted octanol–water partition coefficient (Wildman–Crippen LogP) is 4.57. The Balaban J connectivity index is 2.35. The van der Waals surface area contributed by atoms with Crippen LogP contribution in [-0.2, 0) is 11.0 Å². The van der Waals surface area contributed by atoms with Crippen molar-refractivity contribution < 1.29 is 18.0 Å². The molecule has 0 fully saturated rings. The van der Waals surface area contributed by atoms with Crippen molar-refractivity contribution in [2.24, 2.45) is 0 Å². The fraction of sp³-hybridized carbons (Fsp3) is 0.500. The third-order valence-corrected chi connectivity index (χ3v) is 3.68. The molecule has 0 atom stereocenters. The summed E-state index contributed by atoms with van der Waals surface area (Å²) in [7, 11) is 0. The molecule has 0 aliphatic rings. The Kier molecular flexibility index (Phi) is 6.91. The molecule has 0 saturated heterocycles. The van der Waals surface area contributed by atoms with Crippen LogP contribution < -0.4 is 5.32 Å². The van der Waals surface area contributed by atoms with E-state index in [2.05, 4.69) is 12.2 Å². The molecule has 20 heavy (non-hydrogen) atoms. The van der Waals surface area contributed by atoms with Gasteiger partial charge in [-0.2, -0.15) is 24.9 Å². The molecule has 1 aromatic carbocycles. The smallest absolute Gasteiger partial charge is 0.326 e. The van der Waals surface area contributed by atoms with Crippen molar-refractivity contribution in [1.82, 2.24) is 0 Å². The lowest BCUT2D eigenvalue weighted by molar-refractivity contribution is -0.137. The van der Waals surface area contributed by atoms with Crippen LogP contribution in [0.25, 0.3) is 0 Å². The minimum Gasteiger partial charge on any atom is -0.326 e. The quantitative estimate of drug-likeness (QED) is 0.748. The van der Waals surface area contributed by atoms with Crippen LogP contribution in [0.4, 0.5) is 18.9 Å². The van der Waals surface area contributed by atoms with Gasteiger partial charge in [0.25, 0.3) is 0 Å². The topological polar surface area (TPSA) is 29.1 Å². The van der Waals surface area contributed by atoms with Crippen LogP contribution in [0.3, 0.4) is 0 Å². The summed E-state index contributed by atoms with van der Waals surface area (Å²) in [5.74, 6) is 1.59. The van der Waals surface area contributed by atoms with Gasteiger partial charge in [0.15, 0.2) is 0 Å². The molecule has 0 aliphatic carbocycles. The predicted molar refractivity (Wildman–Crippen MR) is 76.9 cm³/mol. The lowest BCUT2D eigenvalue weighted by Crippen LogP contribution is -2.12. The second kappa shape index (κ2) is 8.19. The molecule has 1 rings (SSSR count). The van der Waals surface area contributed by atoms with Gasteiger partial charge >= 0.3 is 6.18 Å². The van der Waals surface area contributed by atoms with E-state index in [1.165, 1.54) is 12.1 Å². The molecule has 0 heterocycles. The maximum absolute atomic E-state index is 12.4. The Morgan fingerprint density at radius 2 is 1.85 bits per heavy atom. The van der Waals surface area contributed by atoms with Crippen molar-refractivity contribution in [2.45, 2.75) is 32.4 Å². The Bertz CT molecular complexity index is 417. The maximum atomic E-state index is 12.4. The largest absolute Gasteiger partial charge is 0.416 e. The van der Waals surface area contributed by atoms with Gasteiger partial charge in [0.2, 0.25) is 5.91 Å². The third-order valence-electron chi connectivity index (χ3n) is 2.61. The summed E-state index contributed by atoms with van der Waals surface area (Å²) in [6.45, 7) is 2.11. The Labute approximate surface area is 121 Å². The van der Waals surface area contributed by atoms with Crippen LogP contribution >= 0.6 is 11.8 Å². The molecule has 0 radical (unpaired) electrons. The SMILES string of the molecule is CCCCSCCC(=O)Nc1ccc(C(F)(F)F)cc1. The van der Waals surface area contributed by atoms with E-state index in [1.807, 2.05) is 0 Å². The number of hydrogen-bond acceptors (Lipinski definition) is 2. The molecule has 112 valence electrons. The number of anilines is 1. The van der Waals surface area contributed by atoms with Gasteiger partial charge in [-0.3, -0.25) is 4.79 Å². The van der Waals surface area contributed by atoms with Crippen LogP contribution in [0.1, 0.15) is 31.7 Å². The summed E-state index contributed by atoms with van der Waals surface area (Å²) in [4.78, 5) is 11.6. The molecular weight excluding hydrogens is 287 g/mol.